The molecule has 0 saturated carbocycles. The molecular formula is C24H21BBr6. The zero-order valence-corrected chi connectivity index (χ0v) is 26.9. The lowest BCUT2D eigenvalue weighted by atomic mass is 9.34. The maximum atomic E-state index is 3.83. The van der Waals surface area contributed by atoms with Crippen LogP contribution in [-0.2, 0) is 19.3 Å². The maximum absolute atomic E-state index is 3.83. The first kappa shape index (κ1) is 26.2. The van der Waals surface area contributed by atoms with Gasteiger partial charge in [0.25, 0.3) is 0 Å². The molecule has 0 bridgehead atoms. The zero-order valence-electron chi connectivity index (χ0n) is 17.4. The topological polar surface area (TPSA) is 0 Å². The van der Waals surface area contributed by atoms with Gasteiger partial charge in [-0.05, 0) is 54.2 Å². The predicted molar refractivity (Wildman–Crippen MR) is 158 cm³/mol. The average Bonchev–Trinajstić information content (AvgIpc) is 2.67. The number of halogens is 6. The van der Waals surface area contributed by atoms with E-state index < -0.39 is 0 Å². The van der Waals surface area contributed by atoms with Gasteiger partial charge in [0, 0.05) is 26.8 Å². The van der Waals surface area contributed by atoms with Crippen LogP contribution in [0.2, 0.25) is 0 Å². The SMILES string of the molecule is CCc1c(Br)cc(Br)cc1B(c1cc(Br)cc(Br)c1CC)c1cc(Br)cc(Br)c1CC. The van der Waals surface area contributed by atoms with Gasteiger partial charge in [0.05, 0.1) is 0 Å². The standard InChI is InChI=1S/C24H21BBr6/c1-4-16-19(7-13(26)10-22(16)29)25(20-8-14(27)11-23(30)17(20)5-2)21-9-15(28)12-24(31)18(21)6-3/h7-12H,4-6H2,1-3H3. The monoisotopic (exact) mass is 794 g/mol. The predicted octanol–water partition coefficient (Wildman–Crippen LogP) is 8.47. The Kier molecular flexibility index (Phi) is 9.60. The van der Waals surface area contributed by atoms with Gasteiger partial charge in [-0.3, -0.25) is 0 Å². The Morgan fingerprint density at radius 3 is 0.968 bits per heavy atom. The smallest absolute Gasteiger partial charge is 0.0633 e. The third kappa shape index (κ3) is 5.64. The molecule has 0 nitrogen and oxygen atoms in total. The Bertz CT molecular complexity index is 984. The Morgan fingerprint density at radius 1 is 0.484 bits per heavy atom. The van der Waals surface area contributed by atoms with Crippen LogP contribution in [0.3, 0.4) is 0 Å². The Labute approximate surface area is 236 Å². The summed E-state index contributed by atoms with van der Waals surface area (Å²) in [7, 11) is 0. The van der Waals surface area contributed by atoms with E-state index in [-0.39, 0.29) is 6.71 Å². The molecule has 0 N–H and O–H groups in total. The summed E-state index contributed by atoms with van der Waals surface area (Å²) in [5, 5.41) is 0. The number of hydrogen-bond acceptors (Lipinski definition) is 0. The van der Waals surface area contributed by atoms with Gasteiger partial charge in [0.2, 0.25) is 6.71 Å². The van der Waals surface area contributed by atoms with Gasteiger partial charge in [-0.2, -0.15) is 0 Å². The molecule has 31 heavy (non-hydrogen) atoms. The van der Waals surface area contributed by atoms with Gasteiger partial charge in [0.15, 0.2) is 0 Å². The van der Waals surface area contributed by atoms with Crippen molar-refractivity contribution in [2.24, 2.45) is 0 Å². The van der Waals surface area contributed by atoms with Crippen molar-refractivity contribution in [3.05, 3.63) is 79.9 Å². The molecule has 3 aromatic rings. The fraction of sp³-hybridized carbons (Fsp3) is 0.250. The molecule has 3 aromatic carbocycles. The molecule has 0 saturated heterocycles. The van der Waals surface area contributed by atoms with Crippen LogP contribution in [0.1, 0.15) is 37.5 Å². The minimum Gasteiger partial charge on any atom is -0.0633 e. The quantitative estimate of drug-likeness (QED) is 0.220. The highest BCUT2D eigenvalue weighted by atomic mass is 79.9. The molecule has 162 valence electrons. The Morgan fingerprint density at radius 2 is 0.742 bits per heavy atom. The Hall–Kier alpha value is 0.605. The molecule has 0 aromatic heterocycles. The van der Waals surface area contributed by atoms with Gasteiger partial charge in [-0.1, -0.05) is 151 Å². The van der Waals surface area contributed by atoms with Crippen LogP contribution in [0, 0.1) is 0 Å². The van der Waals surface area contributed by atoms with Crippen LogP contribution in [-0.4, -0.2) is 6.71 Å². The minimum atomic E-state index is 0.0938. The van der Waals surface area contributed by atoms with Crippen molar-refractivity contribution in [2.45, 2.75) is 40.0 Å². The van der Waals surface area contributed by atoms with Crippen molar-refractivity contribution in [2.75, 3.05) is 0 Å². The molecule has 0 amide bonds. The van der Waals surface area contributed by atoms with Crippen molar-refractivity contribution < 1.29 is 0 Å². The molecule has 0 fully saturated rings. The van der Waals surface area contributed by atoms with E-state index in [1.165, 1.54) is 33.1 Å². The summed E-state index contributed by atoms with van der Waals surface area (Å²) in [6, 6.07) is 13.3. The molecule has 0 aliphatic carbocycles. The summed E-state index contributed by atoms with van der Waals surface area (Å²) >= 11 is 22.8. The van der Waals surface area contributed by atoms with Crippen molar-refractivity contribution in [1.29, 1.82) is 0 Å². The zero-order chi connectivity index (χ0) is 22.9. The average molecular weight is 800 g/mol. The van der Waals surface area contributed by atoms with E-state index in [1.54, 1.807) is 0 Å². The van der Waals surface area contributed by atoms with Crippen LogP contribution < -0.4 is 16.4 Å². The molecule has 0 heterocycles. The van der Waals surface area contributed by atoms with Crippen LogP contribution >= 0.6 is 95.6 Å². The van der Waals surface area contributed by atoms with Crippen molar-refractivity contribution >= 4 is 119 Å². The highest BCUT2D eigenvalue weighted by molar-refractivity contribution is 9.11. The van der Waals surface area contributed by atoms with Gasteiger partial charge in [-0.15, -0.1) is 0 Å². The largest absolute Gasteiger partial charge is 0.242 e. The van der Waals surface area contributed by atoms with Crippen LogP contribution in [0.15, 0.2) is 63.2 Å². The molecule has 0 radical (unpaired) electrons. The molecule has 3 rings (SSSR count). The highest BCUT2D eigenvalue weighted by Gasteiger charge is 2.31. The summed E-state index contributed by atoms with van der Waals surface area (Å²) in [6.07, 6.45) is 2.85. The van der Waals surface area contributed by atoms with E-state index in [0.29, 0.717) is 0 Å². The number of benzene rings is 3. The van der Waals surface area contributed by atoms with E-state index >= 15 is 0 Å². The summed E-state index contributed by atoms with van der Waals surface area (Å²) < 4.78 is 6.66. The number of rotatable bonds is 6. The lowest BCUT2D eigenvalue weighted by Gasteiger charge is -2.26. The lowest BCUT2D eigenvalue weighted by Crippen LogP contribution is -2.56. The summed E-state index contributed by atoms with van der Waals surface area (Å²) in [6.45, 7) is 6.77. The van der Waals surface area contributed by atoms with Crippen LogP contribution in [0.5, 0.6) is 0 Å². The molecule has 0 aliphatic rings. The summed E-state index contributed by atoms with van der Waals surface area (Å²) in [5.41, 5.74) is 7.98. The van der Waals surface area contributed by atoms with Gasteiger partial charge >= 0.3 is 0 Å². The van der Waals surface area contributed by atoms with Crippen molar-refractivity contribution in [3.8, 4) is 0 Å². The van der Waals surface area contributed by atoms with E-state index in [2.05, 4.69) is 153 Å². The van der Waals surface area contributed by atoms with E-state index in [1.807, 2.05) is 0 Å². The minimum absolute atomic E-state index is 0.0938. The van der Waals surface area contributed by atoms with Crippen molar-refractivity contribution in [3.63, 3.8) is 0 Å². The molecule has 0 spiro atoms. The second-order valence-corrected chi connectivity index (χ2v) is 12.7. The first-order valence-corrected chi connectivity index (χ1v) is 14.9. The summed E-state index contributed by atoms with van der Waals surface area (Å²) in [4.78, 5) is 0. The van der Waals surface area contributed by atoms with E-state index in [4.69, 9.17) is 0 Å². The normalized spacial score (nSPS) is 11.1. The molecular weight excluding hydrogens is 778 g/mol. The third-order valence-electron chi connectivity index (χ3n) is 5.58. The first-order chi connectivity index (χ1) is 14.7. The second-order valence-electron chi connectivity index (χ2n) is 7.36. The van der Waals surface area contributed by atoms with Crippen LogP contribution in [0.25, 0.3) is 0 Å². The van der Waals surface area contributed by atoms with Crippen LogP contribution in [0.4, 0.5) is 0 Å². The summed E-state index contributed by atoms with van der Waals surface area (Å²) in [5.74, 6) is 0. The molecule has 0 atom stereocenters. The fourth-order valence-electron chi connectivity index (χ4n) is 4.26. The number of hydrogen-bond donors (Lipinski definition) is 0. The highest BCUT2D eigenvalue weighted by Crippen LogP contribution is 2.27. The molecule has 0 aliphatic heterocycles. The van der Waals surface area contributed by atoms with Gasteiger partial charge in [0.1, 0.15) is 0 Å². The molecule has 7 heteroatoms. The van der Waals surface area contributed by atoms with E-state index in [9.17, 15) is 0 Å². The van der Waals surface area contributed by atoms with E-state index in [0.717, 1.165) is 46.1 Å². The Balaban J connectivity index is 2.50. The lowest BCUT2D eigenvalue weighted by molar-refractivity contribution is 1.13. The van der Waals surface area contributed by atoms with Gasteiger partial charge in [-0.25, -0.2) is 0 Å². The first-order valence-electron chi connectivity index (χ1n) is 10.1. The fourth-order valence-corrected chi connectivity index (χ4v) is 8.88. The van der Waals surface area contributed by atoms with Crippen molar-refractivity contribution in [1.82, 2.24) is 0 Å². The molecule has 0 unspecified atom stereocenters. The third-order valence-corrected chi connectivity index (χ3v) is 9.07. The maximum Gasteiger partial charge on any atom is 0.242 e. The second kappa shape index (κ2) is 11.4. The van der Waals surface area contributed by atoms with Gasteiger partial charge < -0.3 is 0 Å².